The quantitative estimate of drug-likeness (QED) is 0.254. The van der Waals surface area contributed by atoms with Gasteiger partial charge in [-0.1, -0.05) is 83.8 Å². The predicted octanol–water partition coefficient (Wildman–Crippen LogP) is 6.47. The van der Waals surface area contributed by atoms with E-state index in [9.17, 15) is 0 Å². The highest BCUT2D eigenvalue weighted by Crippen LogP contribution is 2.10. The van der Waals surface area contributed by atoms with Crippen LogP contribution in [0.15, 0.2) is 12.2 Å². The third-order valence-corrected chi connectivity index (χ3v) is 3.26. The average Bonchev–Trinajstić information content (AvgIpc) is 2.35. The minimum Gasteiger partial charge on any atom is -0.0885 e. The van der Waals surface area contributed by atoms with Gasteiger partial charge in [0, 0.05) is 0 Å². The van der Waals surface area contributed by atoms with Gasteiger partial charge in [-0.2, -0.15) is 0 Å². The van der Waals surface area contributed by atoms with Gasteiger partial charge < -0.3 is 0 Å². The van der Waals surface area contributed by atoms with Gasteiger partial charge in [-0.25, -0.2) is 0 Å². The van der Waals surface area contributed by atoms with Crippen LogP contribution in [0, 0.1) is 6.92 Å². The summed E-state index contributed by atoms with van der Waals surface area (Å²) in [7, 11) is 0. The first-order valence-electron chi connectivity index (χ1n) is 7.86. The average molecular weight is 237 g/mol. The van der Waals surface area contributed by atoms with Crippen molar-refractivity contribution >= 4 is 0 Å². The lowest BCUT2D eigenvalue weighted by Gasteiger charge is -2.00. The van der Waals surface area contributed by atoms with Gasteiger partial charge in [0.15, 0.2) is 0 Å². The van der Waals surface area contributed by atoms with Crippen LogP contribution in [0.2, 0.25) is 0 Å². The second-order valence-corrected chi connectivity index (χ2v) is 5.08. The van der Waals surface area contributed by atoms with Crippen LogP contribution in [0.4, 0.5) is 0 Å². The second-order valence-electron chi connectivity index (χ2n) is 5.08. The van der Waals surface area contributed by atoms with E-state index in [-0.39, 0.29) is 0 Å². The van der Waals surface area contributed by atoms with E-state index in [0.29, 0.717) is 0 Å². The minimum atomic E-state index is 1.07. The molecule has 0 nitrogen and oxygen atoms in total. The minimum absolute atomic E-state index is 1.07. The molecule has 0 N–H and O–H groups in total. The molecule has 17 heavy (non-hydrogen) atoms. The fraction of sp³-hybridized carbons (Fsp3) is 0.824. The Morgan fingerprint density at radius 3 is 1.65 bits per heavy atom. The Kier molecular flexibility index (Phi) is 15.5. The smallest absolute Gasteiger partial charge is 0.0351 e. The zero-order chi connectivity index (χ0) is 12.6. The Hall–Kier alpha value is -0.260. The molecule has 0 unspecified atom stereocenters. The van der Waals surface area contributed by atoms with Crippen molar-refractivity contribution in [2.45, 2.75) is 90.4 Å². The molecule has 0 fully saturated rings. The Morgan fingerprint density at radius 1 is 0.647 bits per heavy atom. The monoisotopic (exact) mass is 237 g/mol. The molecule has 0 amide bonds. The van der Waals surface area contributed by atoms with E-state index in [1.807, 2.05) is 0 Å². The van der Waals surface area contributed by atoms with Gasteiger partial charge in [0.1, 0.15) is 0 Å². The third kappa shape index (κ3) is 15.7. The topological polar surface area (TPSA) is 0 Å². The lowest BCUT2D eigenvalue weighted by Crippen LogP contribution is -1.80. The SMILES string of the molecule is [CH2]CCCC=CCCCCCCCCCCC. The number of allylic oxidation sites excluding steroid dienone is 2. The Bertz CT molecular complexity index is 146. The normalized spacial score (nSPS) is 11.4. The summed E-state index contributed by atoms with van der Waals surface area (Å²) >= 11 is 0. The molecule has 0 saturated carbocycles. The summed E-state index contributed by atoms with van der Waals surface area (Å²) in [5, 5.41) is 0. The first-order valence-corrected chi connectivity index (χ1v) is 7.86. The van der Waals surface area contributed by atoms with Crippen LogP contribution in [0.3, 0.4) is 0 Å². The van der Waals surface area contributed by atoms with E-state index in [0.717, 1.165) is 6.42 Å². The lowest BCUT2D eigenvalue weighted by atomic mass is 10.1. The molecule has 0 aromatic carbocycles. The van der Waals surface area contributed by atoms with Crippen molar-refractivity contribution in [3.63, 3.8) is 0 Å². The van der Waals surface area contributed by atoms with Crippen molar-refractivity contribution in [1.29, 1.82) is 0 Å². The maximum Gasteiger partial charge on any atom is -0.0351 e. The highest BCUT2D eigenvalue weighted by Gasteiger charge is 1.91. The van der Waals surface area contributed by atoms with Crippen molar-refractivity contribution in [2.24, 2.45) is 0 Å². The molecule has 0 atom stereocenters. The van der Waals surface area contributed by atoms with Crippen LogP contribution in [-0.4, -0.2) is 0 Å². The lowest BCUT2D eigenvalue weighted by molar-refractivity contribution is 0.566. The largest absolute Gasteiger partial charge is 0.0885 e. The highest BCUT2D eigenvalue weighted by atomic mass is 14.0. The fourth-order valence-electron chi connectivity index (χ4n) is 2.07. The van der Waals surface area contributed by atoms with Crippen molar-refractivity contribution in [3.8, 4) is 0 Å². The van der Waals surface area contributed by atoms with Gasteiger partial charge in [-0.3, -0.25) is 0 Å². The molecule has 0 aliphatic heterocycles. The number of unbranched alkanes of at least 4 members (excludes halogenated alkanes) is 11. The number of rotatable bonds is 13. The van der Waals surface area contributed by atoms with E-state index in [1.54, 1.807) is 0 Å². The fourth-order valence-corrected chi connectivity index (χ4v) is 2.07. The third-order valence-electron chi connectivity index (χ3n) is 3.26. The van der Waals surface area contributed by atoms with E-state index < -0.39 is 0 Å². The van der Waals surface area contributed by atoms with Crippen molar-refractivity contribution in [3.05, 3.63) is 19.1 Å². The number of hydrogen-bond acceptors (Lipinski definition) is 0. The highest BCUT2D eigenvalue weighted by molar-refractivity contribution is 4.81. The molecule has 0 aromatic rings. The van der Waals surface area contributed by atoms with Gasteiger partial charge in [-0.05, 0) is 25.7 Å². The predicted molar refractivity (Wildman–Crippen MR) is 80.2 cm³/mol. The Morgan fingerprint density at radius 2 is 1.12 bits per heavy atom. The maximum atomic E-state index is 3.85. The van der Waals surface area contributed by atoms with Crippen LogP contribution < -0.4 is 0 Å². The summed E-state index contributed by atoms with van der Waals surface area (Å²) in [5.74, 6) is 0. The molecular weight excluding hydrogens is 204 g/mol. The van der Waals surface area contributed by atoms with Crippen LogP contribution in [0.25, 0.3) is 0 Å². The molecule has 0 aromatic heterocycles. The summed E-state index contributed by atoms with van der Waals surface area (Å²) in [6.07, 6.45) is 22.4. The van der Waals surface area contributed by atoms with E-state index in [2.05, 4.69) is 26.0 Å². The molecule has 0 bridgehead atoms. The molecule has 0 aliphatic rings. The summed E-state index contributed by atoms with van der Waals surface area (Å²) in [6.45, 7) is 6.13. The first-order chi connectivity index (χ1) is 8.41. The Balaban J connectivity index is 2.96. The molecule has 0 saturated heterocycles. The summed E-state index contributed by atoms with van der Waals surface area (Å²) in [5.41, 5.74) is 0. The van der Waals surface area contributed by atoms with Gasteiger partial charge in [-0.15, -0.1) is 0 Å². The van der Waals surface area contributed by atoms with E-state index >= 15 is 0 Å². The first kappa shape index (κ1) is 16.7. The maximum absolute atomic E-state index is 3.85. The van der Waals surface area contributed by atoms with Crippen molar-refractivity contribution in [1.82, 2.24) is 0 Å². The van der Waals surface area contributed by atoms with E-state index in [1.165, 1.54) is 77.0 Å². The molecule has 101 valence electrons. The summed E-state index contributed by atoms with van der Waals surface area (Å²) in [4.78, 5) is 0. The Labute approximate surface area is 110 Å². The number of hydrogen-bond donors (Lipinski definition) is 0. The van der Waals surface area contributed by atoms with Crippen LogP contribution in [0.1, 0.15) is 90.4 Å². The molecule has 0 heteroatoms. The van der Waals surface area contributed by atoms with Gasteiger partial charge >= 0.3 is 0 Å². The van der Waals surface area contributed by atoms with Gasteiger partial charge in [0.05, 0.1) is 0 Å². The van der Waals surface area contributed by atoms with Crippen LogP contribution in [-0.2, 0) is 0 Å². The molecule has 0 spiro atoms. The van der Waals surface area contributed by atoms with Crippen LogP contribution in [0.5, 0.6) is 0 Å². The molecule has 0 aliphatic carbocycles. The summed E-state index contributed by atoms with van der Waals surface area (Å²) in [6, 6.07) is 0. The van der Waals surface area contributed by atoms with E-state index in [4.69, 9.17) is 0 Å². The van der Waals surface area contributed by atoms with Gasteiger partial charge in [0.2, 0.25) is 0 Å². The standard InChI is InChI=1S/C17H33/c1-3-5-7-9-11-13-15-17-16-14-12-10-8-6-4-2/h9,11H,1,3-8,10,12-17H2,2H3. The molecule has 1 radical (unpaired) electrons. The second kappa shape index (κ2) is 15.7. The molecule has 0 heterocycles. The molecule has 0 rings (SSSR count). The van der Waals surface area contributed by atoms with Crippen LogP contribution >= 0.6 is 0 Å². The van der Waals surface area contributed by atoms with Gasteiger partial charge in [0.25, 0.3) is 0 Å². The zero-order valence-corrected chi connectivity index (χ0v) is 12.1. The van der Waals surface area contributed by atoms with Crippen molar-refractivity contribution in [2.75, 3.05) is 0 Å². The zero-order valence-electron chi connectivity index (χ0n) is 12.1. The van der Waals surface area contributed by atoms with Crippen molar-refractivity contribution < 1.29 is 0 Å². The molecular formula is C17H33. The summed E-state index contributed by atoms with van der Waals surface area (Å²) < 4.78 is 0.